The number of phenols is 2. The van der Waals surface area contributed by atoms with Crippen LogP contribution in [0.5, 0.6) is 11.5 Å². The van der Waals surface area contributed by atoms with Gasteiger partial charge >= 0.3 is 0 Å². The van der Waals surface area contributed by atoms with Gasteiger partial charge in [-0.3, -0.25) is 19.2 Å². The van der Waals surface area contributed by atoms with Gasteiger partial charge in [-0.15, -0.1) is 0 Å². The van der Waals surface area contributed by atoms with Crippen molar-refractivity contribution in [3.05, 3.63) is 68.8 Å². The smallest absolute Gasteiger partial charge is 0.175 e. The van der Waals surface area contributed by atoms with Crippen LogP contribution in [0.15, 0.2) is 35.4 Å². The van der Waals surface area contributed by atoms with E-state index in [0.717, 1.165) is 0 Å². The third kappa shape index (κ3) is 1.96. The number of hydrogen-bond acceptors (Lipinski definition) is 10. The third-order valence-corrected chi connectivity index (χ3v) is 10.4. The number of benzene rings is 2. The van der Waals surface area contributed by atoms with E-state index in [9.17, 15) is 49.8 Å². The molecule has 8 atom stereocenters. The Morgan fingerprint density at radius 3 is 1.30 bits per heavy atom. The lowest BCUT2D eigenvalue weighted by molar-refractivity contribution is -0.142. The number of phenolic OH excluding ortho intramolecular Hbond substituents is 2. The highest BCUT2D eigenvalue weighted by Crippen LogP contribution is 2.80. The molecular formula is C30H22O10. The lowest BCUT2D eigenvalue weighted by Gasteiger charge is -2.53. The van der Waals surface area contributed by atoms with Gasteiger partial charge in [-0.05, 0) is 49.2 Å². The summed E-state index contributed by atoms with van der Waals surface area (Å²) in [5.74, 6) is -12.2. The lowest BCUT2D eigenvalue weighted by atomic mass is 9.46. The zero-order valence-corrected chi connectivity index (χ0v) is 21.1. The summed E-state index contributed by atoms with van der Waals surface area (Å²) in [6, 6.07) is 5.37. The molecule has 0 unspecified atom stereocenters. The SMILES string of the molecule is Cc1cc(O)c2c(c1)C(=O)[C@@]13C(=C2O)C(=O)[C@H]2[C@H](O)[C@@H]1[C@@H]1[C@@H](O)[C@@H]3C(=O)C3=C(O)c4c(O)cc(C)cc4C(=O)[C@@]312. The molecule has 0 saturated heterocycles. The van der Waals surface area contributed by atoms with Crippen LogP contribution < -0.4 is 0 Å². The molecule has 6 N–H and O–H groups in total. The topological polar surface area (TPSA) is 190 Å². The minimum atomic E-state index is -2.25. The zero-order valence-electron chi connectivity index (χ0n) is 21.1. The average molecular weight is 542 g/mol. The number of carbonyl (C=O) groups excluding carboxylic acids is 4. The molecule has 10 nitrogen and oxygen atoms in total. The van der Waals surface area contributed by atoms with Gasteiger partial charge in [0, 0.05) is 23.0 Å². The van der Waals surface area contributed by atoms with E-state index in [-0.39, 0.29) is 22.3 Å². The van der Waals surface area contributed by atoms with Crippen molar-refractivity contribution in [1.82, 2.24) is 0 Å². The number of allylic oxidation sites excluding steroid dienone is 2. The summed E-state index contributed by atoms with van der Waals surface area (Å²) in [6.45, 7) is 3.19. The maximum atomic E-state index is 14.5. The Labute approximate surface area is 225 Å². The van der Waals surface area contributed by atoms with Gasteiger partial charge in [-0.1, -0.05) is 0 Å². The van der Waals surface area contributed by atoms with Crippen molar-refractivity contribution < 1.29 is 49.8 Å². The minimum Gasteiger partial charge on any atom is -0.507 e. The molecule has 2 spiro atoms. The van der Waals surface area contributed by atoms with E-state index in [1.54, 1.807) is 13.8 Å². The van der Waals surface area contributed by atoms with Crippen molar-refractivity contribution in [2.45, 2.75) is 26.1 Å². The van der Waals surface area contributed by atoms with Crippen LogP contribution in [0, 0.1) is 48.3 Å². The molecule has 2 aromatic rings. The lowest BCUT2D eigenvalue weighted by Crippen LogP contribution is -2.65. The summed E-state index contributed by atoms with van der Waals surface area (Å²) in [5, 5.41) is 67.8. The molecule has 0 radical (unpaired) electrons. The monoisotopic (exact) mass is 542 g/mol. The highest BCUT2D eigenvalue weighted by molar-refractivity contribution is 6.30. The molecule has 4 bridgehead atoms. The van der Waals surface area contributed by atoms with Crippen LogP contribution in [0.3, 0.4) is 0 Å². The van der Waals surface area contributed by atoms with Crippen LogP contribution in [-0.4, -0.2) is 66.0 Å². The Balaban J connectivity index is 1.55. The van der Waals surface area contributed by atoms with Crippen molar-refractivity contribution >= 4 is 34.7 Å². The third-order valence-electron chi connectivity index (χ3n) is 10.4. The Kier molecular flexibility index (Phi) is 3.86. The Morgan fingerprint density at radius 1 is 0.600 bits per heavy atom. The predicted octanol–water partition coefficient (Wildman–Crippen LogP) is 1.70. The molecule has 0 amide bonds. The Hall–Kier alpha value is -4.28. The van der Waals surface area contributed by atoms with E-state index < -0.39 is 104 Å². The van der Waals surface area contributed by atoms with Crippen LogP contribution in [0.4, 0.5) is 0 Å². The molecule has 202 valence electrons. The number of Topliss-reactive ketones (excluding diaryl/α,β-unsaturated/α-hetero) is 4. The molecule has 8 rings (SSSR count). The summed E-state index contributed by atoms with van der Waals surface area (Å²) in [5.41, 5.74) is -5.58. The van der Waals surface area contributed by atoms with Crippen molar-refractivity contribution in [3.63, 3.8) is 0 Å². The Morgan fingerprint density at radius 2 is 0.950 bits per heavy atom. The molecule has 0 aromatic heterocycles. The fourth-order valence-corrected chi connectivity index (χ4v) is 9.51. The van der Waals surface area contributed by atoms with Crippen LogP contribution in [-0.2, 0) is 9.59 Å². The number of aliphatic hydroxyl groups is 4. The van der Waals surface area contributed by atoms with Crippen LogP contribution >= 0.6 is 0 Å². The van der Waals surface area contributed by atoms with E-state index in [2.05, 4.69) is 0 Å². The first-order valence-corrected chi connectivity index (χ1v) is 12.9. The standard InChI is InChI=1S/C30H22O10/c1-7-3-9-13(11(31)5-7)21(33)17-25(37)20-23(35)15-16-24(36)19(29(15,17)27(9)39)26(38)18-22(34)14-10(28(40)30(16,18)20)4-8(2)6-12(14)32/h3-6,15-16,19-20,23-24,31-36H,1-2H3/t15-,16+,19-,20-,23-,24-,29-,30-/m1/s1. The number of aliphatic hydroxyl groups excluding tert-OH is 4. The summed E-state index contributed by atoms with van der Waals surface area (Å²) >= 11 is 0. The second-order valence-electron chi connectivity index (χ2n) is 12.0. The molecule has 6 aliphatic carbocycles. The molecule has 0 aliphatic heterocycles. The maximum absolute atomic E-state index is 14.5. The summed E-state index contributed by atoms with van der Waals surface area (Å²) < 4.78 is 0. The van der Waals surface area contributed by atoms with Gasteiger partial charge in [-0.25, -0.2) is 0 Å². The van der Waals surface area contributed by atoms with Crippen LogP contribution in [0.25, 0.3) is 11.5 Å². The number of ketones is 4. The number of rotatable bonds is 0. The maximum Gasteiger partial charge on any atom is 0.175 e. The van der Waals surface area contributed by atoms with E-state index in [1.165, 1.54) is 24.3 Å². The summed E-state index contributed by atoms with van der Waals surface area (Å²) in [4.78, 5) is 57.9. The Bertz CT molecular complexity index is 1680. The molecule has 6 aliphatic rings. The predicted molar refractivity (Wildman–Crippen MR) is 134 cm³/mol. The zero-order chi connectivity index (χ0) is 28.5. The first-order valence-electron chi connectivity index (χ1n) is 12.9. The van der Waals surface area contributed by atoms with Crippen molar-refractivity contribution in [2.75, 3.05) is 0 Å². The fraction of sp³-hybridized carbons (Fsp3) is 0.333. The van der Waals surface area contributed by atoms with Gasteiger partial charge in [0.2, 0.25) is 0 Å². The molecule has 10 heteroatoms. The minimum absolute atomic E-state index is 0.185. The van der Waals surface area contributed by atoms with Crippen molar-refractivity contribution in [2.24, 2.45) is 34.5 Å². The van der Waals surface area contributed by atoms with Crippen LogP contribution in [0.2, 0.25) is 0 Å². The summed E-state index contributed by atoms with van der Waals surface area (Å²) in [7, 11) is 0. The van der Waals surface area contributed by atoms with Crippen molar-refractivity contribution in [3.8, 4) is 11.5 Å². The molecule has 0 heterocycles. The highest BCUT2D eigenvalue weighted by Gasteiger charge is 2.89. The van der Waals surface area contributed by atoms with Crippen LogP contribution in [0.1, 0.15) is 43.0 Å². The second kappa shape index (κ2) is 6.54. The average Bonchev–Trinajstić information content (AvgIpc) is 3.22. The number of carbonyl (C=O) groups is 4. The fourth-order valence-electron chi connectivity index (χ4n) is 9.51. The van der Waals surface area contributed by atoms with Gasteiger partial charge in [0.05, 0.1) is 57.1 Å². The number of aryl methyl sites for hydroxylation is 2. The van der Waals surface area contributed by atoms with Gasteiger partial charge < -0.3 is 30.6 Å². The quantitative estimate of drug-likeness (QED) is 0.286. The van der Waals surface area contributed by atoms with Gasteiger partial charge in [0.1, 0.15) is 23.0 Å². The van der Waals surface area contributed by atoms with E-state index in [1.807, 2.05) is 0 Å². The largest absolute Gasteiger partial charge is 0.507 e. The van der Waals surface area contributed by atoms with E-state index in [4.69, 9.17) is 0 Å². The van der Waals surface area contributed by atoms with Gasteiger partial charge in [0.15, 0.2) is 23.1 Å². The normalized spacial score (nSPS) is 38.1. The molecular weight excluding hydrogens is 520 g/mol. The molecule has 4 saturated carbocycles. The first kappa shape index (κ1) is 23.6. The number of fused-ring (bicyclic) bond motifs is 4. The highest BCUT2D eigenvalue weighted by atomic mass is 16.3. The second-order valence-corrected chi connectivity index (χ2v) is 12.0. The van der Waals surface area contributed by atoms with E-state index in [0.29, 0.717) is 11.1 Å². The molecule has 2 aromatic carbocycles. The number of aromatic hydroxyl groups is 2. The number of hydrogen-bond donors (Lipinski definition) is 6. The van der Waals surface area contributed by atoms with Crippen molar-refractivity contribution in [1.29, 1.82) is 0 Å². The first-order chi connectivity index (χ1) is 18.8. The molecule has 40 heavy (non-hydrogen) atoms. The van der Waals surface area contributed by atoms with Gasteiger partial charge in [-0.2, -0.15) is 0 Å². The van der Waals surface area contributed by atoms with E-state index >= 15 is 0 Å². The summed E-state index contributed by atoms with van der Waals surface area (Å²) in [6.07, 6.45) is -3.37. The van der Waals surface area contributed by atoms with Gasteiger partial charge in [0.25, 0.3) is 0 Å². The molecule has 4 fully saturated rings.